The maximum Gasteiger partial charge on any atom is 0.0465 e. The molecule has 0 radical (unpaired) electrons. The third-order valence-corrected chi connectivity index (χ3v) is 14.2. The lowest BCUT2D eigenvalue weighted by molar-refractivity contribution is 0.660. The molecule has 61 heavy (non-hydrogen) atoms. The molecule has 12 rings (SSSR count). The van der Waals surface area contributed by atoms with Crippen molar-refractivity contribution in [3.8, 4) is 55.6 Å². The van der Waals surface area contributed by atoms with Gasteiger partial charge in [0.15, 0.2) is 0 Å². The molecule has 0 heterocycles. The summed E-state index contributed by atoms with van der Waals surface area (Å²) >= 11 is 0. The molecule has 3 aliphatic carbocycles. The van der Waals surface area contributed by atoms with Gasteiger partial charge in [0.25, 0.3) is 0 Å². The van der Waals surface area contributed by atoms with E-state index < -0.39 is 0 Å². The van der Waals surface area contributed by atoms with Crippen molar-refractivity contribution in [2.75, 3.05) is 4.90 Å². The molecule has 3 aliphatic rings. The van der Waals surface area contributed by atoms with Gasteiger partial charge in [-0.15, -0.1) is 0 Å². The summed E-state index contributed by atoms with van der Waals surface area (Å²) in [5.74, 6) is 0. The minimum Gasteiger partial charge on any atom is -0.310 e. The van der Waals surface area contributed by atoms with Gasteiger partial charge in [0, 0.05) is 27.9 Å². The zero-order valence-electron chi connectivity index (χ0n) is 34.8. The Kier molecular flexibility index (Phi) is 7.84. The zero-order valence-corrected chi connectivity index (χ0v) is 34.8. The van der Waals surface area contributed by atoms with Gasteiger partial charge < -0.3 is 4.90 Å². The first-order valence-electron chi connectivity index (χ1n) is 21.6. The first kappa shape index (κ1) is 35.7. The predicted octanol–water partition coefficient (Wildman–Crippen LogP) is 15.7. The summed E-state index contributed by atoms with van der Waals surface area (Å²) < 4.78 is 0. The lowest BCUT2D eigenvalue weighted by atomic mass is 9.74. The van der Waals surface area contributed by atoms with E-state index in [0.29, 0.717) is 0 Å². The highest BCUT2D eigenvalue weighted by atomic mass is 15.1. The fourth-order valence-electron chi connectivity index (χ4n) is 11.1. The van der Waals surface area contributed by atoms with Crippen molar-refractivity contribution in [1.82, 2.24) is 0 Å². The van der Waals surface area contributed by atoms with E-state index in [-0.39, 0.29) is 10.8 Å². The minimum atomic E-state index is -0.205. The molecule has 9 aromatic carbocycles. The Morgan fingerprint density at radius 1 is 0.344 bits per heavy atom. The van der Waals surface area contributed by atoms with Gasteiger partial charge >= 0.3 is 0 Å². The third kappa shape index (κ3) is 5.33. The van der Waals surface area contributed by atoms with Crippen molar-refractivity contribution < 1.29 is 0 Å². The van der Waals surface area contributed by atoms with E-state index in [1.807, 2.05) is 0 Å². The van der Waals surface area contributed by atoms with Crippen molar-refractivity contribution in [1.29, 1.82) is 0 Å². The molecule has 9 aromatic rings. The molecule has 1 heteroatoms. The summed E-state index contributed by atoms with van der Waals surface area (Å²) in [6.45, 7) is 7.11. The molecule has 1 nitrogen and oxygen atoms in total. The molecule has 0 aromatic heterocycles. The molecule has 0 saturated heterocycles. The zero-order chi connectivity index (χ0) is 40.9. The summed E-state index contributed by atoms with van der Waals surface area (Å²) in [5.41, 5.74) is 25.8. The lowest BCUT2D eigenvalue weighted by Gasteiger charge is -2.28. The normalized spacial score (nSPS) is 15.9. The van der Waals surface area contributed by atoms with Gasteiger partial charge in [0.05, 0.1) is 0 Å². The number of nitrogens with zero attached hydrogens (tertiary/aromatic N) is 1. The predicted molar refractivity (Wildman–Crippen MR) is 255 cm³/mol. The van der Waals surface area contributed by atoms with Gasteiger partial charge in [0.1, 0.15) is 0 Å². The van der Waals surface area contributed by atoms with Crippen LogP contribution < -0.4 is 4.90 Å². The molecular weight excluding hydrogens is 735 g/mol. The van der Waals surface area contributed by atoms with Crippen LogP contribution in [0.15, 0.2) is 206 Å². The summed E-state index contributed by atoms with van der Waals surface area (Å²) in [5, 5.41) is 0. The largest absolute Gasteiger partial charge is 0.310 e. The van der Waals surface area contributed by atoms with Crippen LogP contribution in [-0.4, -0.2) is 0 Å². The van der Waals surface area contributed by atoms with Crippen LogP contribution in [-0.2, 0) is 17.3 Å². The van der Waals surface area contributed by atoms with E-state index in [9.17, 15) is 0 Å². The van der Waals surface area contributed by atoms with Crippen molar-refractivity contribution in [2.24, 2.45) is 0 Å². The summed E-state index contributed by atoms with van der Waals surface area (Å²) in [4.78, 5) is 2.43. The molecule has 1 atom stereocenters. The minimum absolute atomic E-state index is 0.102. The van der Waals surface area contributed by atoms with Crippen molar-refractivity contribution in [3.63, 3.8) is 0 Å². The van der Waals surface area contributed by atoms with Gasteiger partial charge in [-0.25, -0.2) is 0 Å². The third-order valence-electron chi connectivity index (χ3n) is 14.2. The summed E-state index contributed by atoms with van der Waals surface area (Å²) in [6, 6.07) is 77.0. The average molecular weight is 780 g/mol. The van der Waals surface area contributed by atoms with E-state index in [0.717, 1.165) is 23.5 Å². The first-order valence-corrected chi connectivity index (χ1v) is 21.6. The Labute approximate surface area is 359 Å². The smallest absolute Gasteiger partial charge is 0.0465 e. The second kappa shape index (κ2) is 13.4. The fraction of sp³-hybridized carbons (Fsp3) is 0.100. The Bertz CT molecular complexity index is 3190. The van der Waals surface area contributed by atoms with Crippen molar-refractivity contribution in [3.05, 3.63) is 245 Å². The highest BCUT2D eigenvalue weighted by Gasteiger charge is 2.41. The van der Waals surface area contributed by atoms with Crippen LogP contribution in [0, 0.1) is 0 Å². The van der Waals surface area contributed by atoms with E-state index in [1.54, 1.807) is 0 Å². The molecule has 0 aliphatic heterocycles. The number of hydrogen-bond acceptors (Lipinski definition) is 1. The maximum absolute atomic E-state index is 2.43. The van der Waals surface area contributed by atoms with Gasteiger partial charge in [-0.05, 0) is 150 Å². The van der Waals surface area contributed by atoms with E-state index in [4.69, 9.17) is 0 Å². The molecule has 290 valence electrons. The van der Waals surface area contributed by atoms with Gasteiger partial charge in [-0.3, -0.25) is 0 Å². The molecule has 0 fully saturated rings. The topological polar surface area (TPSA) is 3.24 Å². The highest BCUT2D eigenvalue weighted by Crippen LogP contribution is 2.54. The van der Waals surface area contributed by atoms with Crippen LogP contribution in [0.25, 0.3) is 55.6 Å². The number of rotatable bonds is 6. The van der Waals surface area contributed by atoms with Crippen LogP contribution in [0.1, 0.15) is 59.7 Å². The van der Waals surface area contributed by atoms with Crippen molar-refractivity contribution >= 4 is 17.1 Å². The average Bonchev–Trinajstić information content (AvgIpc) is 3.91. The van der Waals surface area contributed by atoms with E-state index in [1.165, 1.54) is 94.6 Å². The summed E-state index contributed by atoms with van der Waals surface area (Å²) in [6.07, 6.45) is 0.971. The van der Waals surface area contributed by atoms with Crippen LogP contribution in [0.4, 0.5) is 17.1 Å². The Morgan fingerprint density at radius 2 is 0.885 bits per heavy atom. The second-order valence-electron chi connectivity index (χ2n) is 17.8. The number of fused-ring (bicyclic) bond motifs is 9. The molecule has 1 unspecified atom stereocenters. The van der Waals surface area contributed by atoms with Crippen LogP contribution in [0.3, 0.4) is 0 Å². The molecule has 0 saturated carbocycles. The Hall–Kier alpha value is -7.22. The van der Waals surface area contributed by atoms with Crippen LogP contribution >= 0.6 is 0 Å². The quantitative estimate of drug-likeness (QED) is 0.162. The molecule has 0 bridgehead atoms. The van der Waals surface area contributed by atoms with Crippen LogP contribution in [0.2, 0.25) is 0 Å². The van der Waals surface area contributed by atoms with Crippen molar-refractivity contribution in [2.45, 2.75) is 38.0 Å². The number of anilines is 3. The van der Waals surface area contributed by atoms with Gasteiger partial charge in [-0.1, -0.05) is 178 Å². The number of benzene rings is 9. The lowest BCUT2D eigenvalue weighted by Crippen LogP contribution is -2.22. The van der Waals surface area contributed by atoms with E-state index in [2.05, 4.69) is 232 Å². The molecular formula is C60H45N. The molecule has 0 N–H and O–H groups in total. The highest BCUT2D eigenvalue weighted by molar-refractivity contribution is 5.90. The standard InChI is InChI=1S/C60H45N/c1-59(2)55-22-11-9-18-50(55)52-34-33-46(38-58(52)59)61(45-31-26-40(27-32-45)47-20-13-21-49-48-17-8-7-14-42(48)37-53(47)49)44-29-24-39(25-30-44)41-28-35-57-54(36-41)51-19-10-12-23-56(51)60(57,3)43-15-5-4-6-16-43/h4-36,38H,37H2,1-3H3. The molecule has 0 amide bonds. The first-order chi connectivity index (χ1) is 29.9. The number of hydrogen-bond donors (Lipinski definition) is 0. The summed E-state index contributed by atoms with van der Waals surface area (Å²) in [7, 11) is 0. The van der Waals surface area contributed by atoms with Gasteiger partial charge in [0.2, 0.25) is 0 Å². The van der Waals surface area contributed by atoms with Crippen LogP contribution in [0.5, 0.6) is 0 Å². The fourth-order valence-corrected chi connectivity index (χ4v) is 11.1. The second-order valence-corrected chi connectivity index (χ2v) is 17.8. The molecule has 0 spiro atoms. The van der Waals surface area contributed by atoms with Gasteiger partial charge in [-0.2, -0.15) is 0 Å². The SMILES string of the molecule is CC1(C)c2ccccc2-c2ccc(N(c3ccc(-c4ccc5c(c4)-c4ccccc4C5(C)c4ccccc4)cc3)c3ccc(-c4cccc5c4Cc4ccccc4-5)cc3)cc21. The monoisotopic (exact) mass is 779 g/mol. The Morgan fingerprint density at radius 3 is 1.64 bits per heavy atom. The van der Waals surface area contributed by atoms with E-state index >= 15 is 0 Å². The maximum atomic E-state index is 2.43. The Balaban J connectivity index is 0.942.